The molecule has 0 aliphatic heterocycles. The van der Waals surface area contributed by atoms with Crippen LogP contribution in [0.3, 0.4) is 0 Å². The fourth-order valence-corrected chi connectivity index (χ4v) is 11.3. The second-order valence-electron chi connectivity index (χ2n) is 18.4. The number of hydrogen-bond acceptors (Lipinski definition) is 1. The molecule has 0 radical (unpaired) electrons. The maximum Gasteiger partial charge on any atom is 0.0714 e. The van der Waals surface area contributed by atoms with Crippen molar-refractivity contribution in [2.24, 2.45) is 0 Å². The molecule has 13 rings (SSSR count). The van der Waals surface area contributed by atoms with Crippen LogP contribution in [0.15, 0.2) is 285 Å². The van der Waals surface area contributed by atoms with Gasteiger partial charge in [-0.25, -0.2) is 0 Å². The van der Waals surface area contributed by atoms with Crippen LogP contribution in [0.25, 0.3) is 77.2 Å². The predicted molar refractivity (Wildman–Crippen MR) is 295 cm³/mol. The normalized spacial score (nSPS) is 12.4. The van der Waals surface area contributed by atoms with Gasteiger partial charge in [0, 0.05) is 16.9 Å². The number of benzene rings is 12. The average molecular weight is 890 g/mol. The van der Waals surface area contributed by atoms with Crippen molar-refractivity contribution in [2.45, 2.75) is 5.41 Å². The zero-order valence-electron chi connectivity index (χ0n) is 38.6. The molecule has 12 aromatic carbocycles. The molecule has 328 valence electrons. The number of fused-ring (bicyclic) bond motifs is 6. The highest BCUT2D eigenvalue weighted by atomic mass is 15.1. The molecule has 0 N–H and O–H groups in total. The van der Waals surface area contributed by atoms with Gasteiger partial charge in [0.25, 0.3) is 0 Å². The van der Waals surface area contributed by atoms with E-state index in [0.717, 1.165) is 17.1 Å². The molecule has 1 aliphatic rings. The molecular formula is C69H47N. The van der Waals surface area contributed by atoms with E-state index in [2.05, 4.69) is 290 Å². The zero-order valence-corrected chi connectivity index (χ0v) is 38.6. The van der Waals surface area contributed by atoms with E-state index in [4.69, 9.17) is 0 Å². The summed E-state index contributed by atoms with van der Waals surface area (Å²) < 4.78 is 0. The lowest BCUT2D eigenvalue weighted by atomic mass is 9.67. The first-order valence-corrected chi connectivity index (χ1v) is 24.2. The summed E-state index contributed by atoms with van der Waals surface area (Å²) in [5.41, 5.74) is 19.7. The second kappa shape index (κ2) is 17.2. The van der Waals surface area contributed by atoms with Crippen molar-refractivity contribution < 1.29 is 0 Å². The van der Waals surface area contributed by atoms with Crippen molar-refractivity contribution in [2.75, 3.05) is 4.90 Å². The van der Waals surface area contributed by atoms with Crippen LogP contribution in [0, 0.1) is 0 Å². The zero-order chi connectivity index (χ0) is 46.4. The summed E-state index contributed by atoms with van der Waals surface area (Å²) in [6, 6.07) is 105. The van der Waals surface area contributed by atoms with Crippen LogP contribution in [0.5, 0.6) is 0 Å². The fourth-order valence-electron chi connectivity index (χ4n) is 11.3. The van der Waals surface area contributed by atoms with Gasteiger partial charge in [-0.05, 0) is 136 Å². The Morgan fingerprint density at radius 3 is 1.20 bits per heavy atom. The fraction of sp³-hybridized carbons (Fsp3) is 0.0145. The maximum absolute atomic E-state index is 2.54. The van der Waals surface area contributed by atoms with Gasteiger partial charge in [-0.2, -0.15) is 0 Å². The molecule has 0 saturated heterocycles. The SMILES string of the molecule is c1ccc(-c2ccc(-c3ccc(N(c4ccc(-c5ccccc5)cc4)c4cc5c(cc4-c4cc6ccccc6c6ccccc46)-c4ccccc4C5(c4ccccc4)c4ccccc4)cc3)cc2)cc1. The van der Waals surface area contributed by atoms with Gasteiger partial charge in [-0.3, -0.25) is 0 Å². The molecule has 0 bridgehead atoms. The van der Waals surface area contributed by atoms with Crippen molar-refractivity contribution in [3.63, 3.8) is 0 Å². The third-order valence-electron chi connectivity index (χ3n) is 14.6. The van der Waals surface area contributed by atoms with Crippen molar-refractivity contribution >= 4 is 38.6 Å². The molecule has 0 fully saturated rings. The van der Waals surface area contributed by atoms with E-state index in [0.29, 0.717) is 0 Å². The second-order valence-corrected chi connectivity index (χ2v) is 18.4. The molecule has 0 aromatic heterocycles. The van der Waals surface area contributed by atoms with Crippen molar-refractivity contribution in [3.05, 3.63) is 307 Å². The molecule has 0 spiro atoms. The highest BCUT2D eigenvalue weighted by molar-refractivity contribution is 6.15. The van der Waals surface area contributed by atoms with E-state index in [-0.39, 0.29) is 0 Å². The molecule has 0 unspecified atom stereocenters. The van der Waals surface area contributed by atoms with Crippen LogP contribution in [-0.4, -0.2) is 0 Å². The van der Waals surface area contributed by atoms with Crippen molar-refractivity contribution in [1.82, 2.24) is 0 Å². The first-order chi connectivity index (χ1) is 34.7. The molecular weight excluding hydrogens is 843 g/mol. The summed E-state index contributed by atoms with van der Waals surface area (Å²) in [5.74, 6) is 0. The van der Waals surface area contributed by atoms with Crippen LogP contribution in [0.1, 0.15) is 22.3 Å². The van der Waals surface area contributed by atoms with Gasteiger partial charge in [0.15, 0.2) is 0 Å². The Hall–Kier alpha value is -9.04. The molecule has 0 atom stereocenters. The smallest absolute Gasteiger partial charge is 0.0714 e. The molecule has 1 aliphatic carbocycles. The molecule has 70 heavy (non-hydrogen) atoms. The van der Waals surface area contributed by atoms with Gasteiger partial charge in [0.1, 0.15) is 0 Å². The monoisotopic (exact) mass is 889 g/mol. The lowest BCUT2D eigenvalue weighted by Gasteiger charge is -2.35. The number of rotatable bonds is 9. The summed E-state index contributed by atoms with van der Waals surface area (Å²) in [7, 11) is 0. The van der Waals surface area contributed by atoms with Crippen LogP contribution < -0.4 is 4.90 Å². The summed E-state index contributed by atoms with van der Waals surface area (Å²) in [5, 5.41) is 4.93. The van der Waals surface area contributed by atoms with E-state index in [1.54, 1.807) is 0 Å². The first-order valence-electron chi connectivity index (χ1n) is 24.2. The van der Waals surface area contributed by atoms with Crippen LogP contribution in [-0.2, 0) is 5.41 Å². The Morgan fingerprint density at radius 1 is 0.243 bits per heavy atom. The lowest BCUT2D eigenvalue weighted by molar-refractivity contribution is 0.768. The molecule has 0 saturated carbocycles. The Bertz CT molecular complexity index is 3780. The standard InChI is InChI=1S/C69H47N/c1-5-19-48(20-6-1)50-33-35-51(36-34-50)53-39-43-58(44-40-53)70(57-41-37-52(38-42-57)49-21-7-2-8-22-49)68-47-67-64(46-65(68)63-45-54-23-13-14-28-59(54)60-29-15-16-30-61(60)63)62-31-17-18-32-66(62)69(67,55-24-9-3-10-25-55)56-26-11-4-12-27-56/h1-47H. The maximum atomic E-state index is 2.54. The van der Waals surface area contributed by atoms with E-state index in [9.17, 15) is 0 Å². The van der Waals surface area contributed by atoms with E-state index >= 15 is 0 Å². The molecule has 12 aromatic rings. The van der Waals surface area contributed by atoms with Gasteiger partial charge >= 0.3 is 0 Å². The van der Waals surface area contributed by atoms with Gasteiger partial charge in [0.05, 0.1) is 11.1 Å². The van der Waals surface area contributed by atoms with Gasteiger partial charge < -0.3 is 4.90 Å². The third kappa shape index (κ3) is 6.86. The Morgan fingerprint density at radius 2 is 0.657 bits per heavy atom. The van der Waals surface area contributed by atoms with Gasteiger partial charge in [0.2, 0.25) is 0 Å². The summed E-state index contributed by atoms with van der Waals surface area (Å²) in [4.78, 5) is 2.50. The number of hydrogen-bond donors (Lipinski definition) is 0. The minimum atomic E-state index is -0.591. The Kier molecular flexibility index (Phi) is 10.1. The largest absolute Gasteiger partial charge is 0.310 e. The Labute approximate surface area is 409 Å². The minimum absolute atomic E-state index is 0.591. The molecule has 0 heterocycles. The summed E-state index contributed by atoms with van der Waals surface area (Å²) >= 11 is 0. The van der Waals surface area contributed by atoms with Crippen LogP contribution >= 0.6 is 0 Å². The topological polar surface area (TPSA) is 3.24 Å². The quantitative estimate of drug-likeness (QED) is 0.131. The summed E-state index contributed by atoms with van der Waals surface area (Å²) in [6.07, 6.45) is 0. The van der Waals surface area contributed by atoms with Crippen molar-refractivity contribution in [3.8, 4) is 55.6 Å². The van der Waals surface area contributed by atoms with Gasteiger partial charge in [-0.15, -0.1) is 0 Å². The van der Waals surface area contributed by atoms with Crippen LogP contribution in [0.4, 0.5) is 17.1 Å². The highest BCUT2D eigenvalue weighted by Crippen LogP contribution is 2.59. The number of anilines is 3. The van der Waals surface area contributed by atoms with E-state index in [1.165, 1.54) is 99.4 Å². The van der Waals surface area contributed by atoms with E-state index in [1.807, 2.05) is 0 Å². The first kappa shape index (κ1) is 41.2. The highest BCUT2D eigenvalue weighted by Gasteiger charge is 2.47. The minimum Gasteiger partial charge on any atom is -0.310 e. The van der Waals surface area contributed by atoms with Crippen molar-refractivity contribution in [1.29, 1.82) is 0 Å². The number of nitrogens with zero attached hydrogens (tertiary/aromatic N) is 1. The molecule has 1 nitrogen and oxygen atoms in total. The van der Waals surface area contributed by atoms with Crippen LogP contribution in [0.2, 0.25) is 0 Å². The average Bonchev–Trinajstić information content (AvgIpc) is 3.74. The van der Waals surface area contributed by atoms with Gasteiger partial charge in [-0.1, -0.05) is 243 Å². The predicted octanol–water partition coefficient (Wildman–Crippen LogP) is 18.5. The Balaban J connectivity index is 1.10. The third-order valence-corrected chi connectivity index (χ3v) is 14.6. The lowest BCUT2D eigenvalue weighted by Crippen LogP contribution is -2.28. The molecule has 1 heteroatoms. The molecule has 0 amide bonds. The van der Waals surface area contributed by atoms with E-state index < -0.39 is 5.41 Å². The summed E-state index contributed by atoms with van der Waals surface area (Å²) in [6.45, 7) is 0.